The number of ether oxygens (including phenoxy) is 1. The predicted octanol–water partition coefficient (Wildman–Crippen LogP) is 8.55. The number of pyridine rings is 2. The Labute approximate surface area is 523 Å². The Morgan fingerprint density at radius 2 is 1.01 bits per heavy atom. The second kappa shape index (κ2) is 35.2. The van der Waals surface area contributed by atoms with Crippen LogP contribution in [0, 0.1) is 11.8 Å². The number of hydrogen-bond donors (Lipinski definition) is 8. The van der Waals surface area contributed by atoms with Crippen LogP contribution in [0.4, 0.5) is 0 Å². The summed E-state index contributed by atoms with van der Waals surface area (Å²) in [5.74, 6) is -3.31. The van der Waals surface area contributed by atoms with Crippen LogP contribution in [0.3, 0.4) is 0 Å². The van der Waals surface area contributed by atoms with E-state index in [4.69, 9.17) is 9.84 Å². The average Bonchev–Trinajstić information content (AvgIpc) is 2.81. The number of benzene rings is 2. The predicted molar refractivity (Wildman–Crippen MR) is 343 cm³/mol. The van der Waals surface area contributed by atoms with Crippen LogP contribution >= 0.6 is 0 Å². The Bertz CT molecular complexity index is 3170. The zero-order valence-corrected chi connectivity index (χ0v) is 52.5. The van der Waals surface area contributed by atoms with Crippen LogP contribution in [0.5, 0.6) is 0 Å². The van der Waals surface area contributed by atoms with Gasteiger partial charge in [-0.25, -0.2) is 10.9 Å². The molecule has 480 valence electrons. The molecule has 8 N–H and O–H groups in total. The number of fused-ring (bicyclic) bond motifs is 2. The van der Waals surface area contributed by atoms with Crippen LogP contribution in [-0.4, -0.2) is 127 Å². The van der Waals surface area contributed by atoms with Gasteiger partial charge in [0.1, 0.15) is 42.4 Å². The molecule has 8 rings (SSSR count). The lowest BCUT2D eigenvalue weighted by Crippen LogP contribution is -2.61. The van der Waals surface area contributed by atoms with Gasteiger partial charge in [-0.1, -0.05) is 100 Å². The van der Waals surface area contributed by atoms with Crippen molar-refractivity contribution in [3.8, 4) is 0 Å². The molecule has 4 heterocycles. The molecule has 0 bridgehead atoms. The van der Waals surface area contributed by atoms with Gasteiger partial charge < -0.3 is 36.2 Å². The molecular weight excluding hydrogens is 1130 g/mol. The number of rotatable bonds is 21. The Kier molecular flexibility index (Phi) is 27.6. The van der Waals surface area contributed by atoms with Crippen molar-refractivity contribution >= 4 is 81.1 Å². The molecule has 8 atom stereocenters. The first kappa shape index (κ1) is 70.0. The molecule has 4 aliphatic rings. The highest BCUT2D eigenvalue weighted by Gasteiger charge is 2.37. The lowest BCUT2D eigenvalue weighted by Gasteiger charge is -2.35. The molecule has 2 aliphatic heterocycles. The number of aliphatic hydroxyl groups is 1. The standard InChI is InChI=1S/C34H45N5O5.C21H34N4O5.C13H13NO/c1-5-7-15-30(40)37-31(24-12-9-8-10-13-24)32(41)36-22(3)33(42)39-18-11-14-29(38-39)34(43)44-23(4)25-16-17-26-21-35-28(6-2)20-27(26)19-25;1-3-4-12-17(26)23-18(15-9-6-5-7-10-15)19(27)22-14(2)20(28)25-13-8-11-16(24-25)21(29)30;1-3-13-7-12-6-10(9(2)15)4-5-11(12)8-14-13/h5-7,16-17,19-24,29,31,38H,2,8-15,18H2,1,3-4H3,(H,36,41)(H,37,40);3-4,14-16,18,24H,5-13H2,1-2H3,(H,22,27)(H,23,26)(H,29,30);3-9,15H,1H2,2H3/b7-5+;4-3+;/t22-,23+,29-,31-;14-,16-,18-;9-/m001/s1. The van der Waals surface area contributed by atoms with E-state index < -0.39 is 66.3 Å². The quantitative estimate of drug-likeness (QED) is 0.0286. The van der Waals surface area contributed by atoms with Crippen molar-refractivity contribution in [3.63, 3.8) is 0 Å². The largest absolute Gasteiger partial charge is 0.480 e. The molecule has 6 amide bonds. The van der Waals surface area contributed by atoms with Crippen LogP contribution < -0.4 is 32.1 Å². The number of hydrogen-bond acceptors (Lipinski definition) is 14. The molecule has 2 saturated carbocycles. The third-order valence-electron chi connectivity index (χ3n) is 16.7. The molecule has 4 fully saturated rings. The third kappa shape index (κ3) is 21.0. The highest BCUT2D eigenvalue weighted by molar-refractivity contribution is 5.94. The number of allylic oxidation sites excluding steroid dienone is 2. The number of esters is 1. The van der Waals surface area contributed by atoms with Gasteiger partial charge in [0.15, 0.2) is 0 Å². The number of aromatic nitrogens is 2. The summed E-state index contributed by atoms with van der Waals surface area (Å²) >= 11 is 0. The smallest absolute Gasteiger partial charge is 0.325 e. The summed E-state index contributed by atoms with van der Waals surface area (Å²) in [6, 6.07) is 11.0. The number of carbonyl (C=O) groups is 8. The molecule has 89 heavy (non-hydrogen) atoms. The van der Waals surface area contributed by atoms with E-state index in [0.29, 0.717) is 38.8 Å². The van der Waals surface area contributed by atoms with Crippen molar-refractivity contribution in [2.45, 2.75) is 193 Å². The minimum Gasteiger partial charge on any atom is -0.480 e. The summed E-state index contributed by atoms with van der Waals surface area (Å²) in [5.41, 5.74) is 9.11. The molecule has 0 radical (unpaired) electrons. The number of carbonyl (C=O) groups excluding carboxylic acids is 7. The van der Waals surface area contributed by atoms with E-state index in [2.05, 4.69) is 55.2 Å². The molecule has 4 aromatic rings. The van der Waals surface area contributed by atoms with Gasteiger partial charge in [0.05, 0.1) is 17.5 Å². The van der Waals surface area contributed by atoms with Gasteiger partial charge in [-0.15, -0.1) is 0 Å². The molecule has 2 aromatic carbocycles. The van der Waals surface area contributed by atoms with Crippen LogP contribution in [0.2, 0.25) is 0 Å². The molecule has 2 aliphatic carbocycles. The second-order valence-electron chi connectivity index (χ2n) is 23.5. The normalized spacial score (nSPS) is 19.4. The maximum absolute atomic E-state index is 13.4. The summed E-state index contributed by atoms with van der Waals surface area (Å²) in [4.78, 5) is 110. The van der Waals surface area contributed by atoms with Crippen LogP contribution in [0.1, 0.15) is 179 Å². The van der Waals surface area contributed by atoms with Crippen molar-refractivity contribution in [1.29, 1.82) is 0 Å². The first-order valence-electron chi connectivity index (χ1n) is 31.5. The minimum absolute atomic E-state index is 0.0261. The van der Waals surface area contributed by atoms with E-state index in [9.17, 15) is 43.5 Å². The molecule has 0 unspecified atom stereocenters. The zero-order chi connectivity index (χ0) is 64.6. The Hall–Kier alpha value is -8.14. The van der Waals surface area contributed by atoms with Gasteiger partial charge in [-0.3, -0.25) is 58.3 Å². The Morgan fingerprint density at radius 1 is 0.584 bits per heavy atom. The topological polar surface area (TPSA) is 291 Å². The van der Waals surface area contributed by atoms with Crippen molar-refractivity contribution in [3.05, 3.63) is 121 Å². The van der Waals surface area contributed by atoms with Gasteiger partial charge in [0.25, 0.3) is 11.8 Å². The SMILES string of the molecule is C/C=C/CC(=O)N[C@H](C(=O)N[C@@H](C)C(=O)N1CCC[C@@H](C(=O)O)N1)C1CCCCC1.C=Cc1cc2cc([C@@H](C)O)ccc2cn1.C=Cc1cc2cc([C@@H](C)OC(=O)[C@@H]3CCCN(C(=O)[C@H](C)NC(=O)[C@@H](NC(=O)C/C=C/C)C4CCCCC4)N3)ccc2cn1. The number of nitrogens with one attached hydrogen (secondary N) is 6. The molecule has 0 spiro atoms. The monoisotopic (exact) mass is 1220 g/mol. The molecule has 2 saturated heterocycles. The van der Waals surface area contributed by atoms with Crippen molar-refractivity contribution < 1.29 is 53.3 Å². The number of aliphatic carboxylic acids is 1. The molecule has 21 nitrogen and oxygen atoms in total. The maximum Gasteiger partial charge on any atom is 0.325 e. The number of carboxylic acids is 1. The fourth-order valence-corrected chi connectivity index (χ4v) is 11.5. The molecule has 21 heteroatoms. The Morgan fingerprint density at radius 3 is 1.44 bits per heavy atom. The van der Waals surface area contributed by atoms with Crippen LogP contribution in [-0.2, 0) is 43.1 Å². The summed E-state index contributed by atoms with van der Waals surface area (Å²) in [6.07, 6.45) is 25.4. The van der Waals surface area contributed by atoms with E-state index in [1.807, 2.05) is 75.5 Å². The van der Waals surface area contributed by atoms with E-state index in [1.165, 1.54) is 10.0 Å². The summed E-state index contributed by atoms with van der Waals surface area (Å²) in [6.45, 7) is 18.7. The molecule has 2 aromatic heterocycles. The van der Waals surface area contributed by atoms with E-state index in [0.717, 1.165) is 108 Å². The summed E-state index contributed by atoms with van der Waals surface area (Å²) < 4.78 is 5.81. The highest BCUT2D eigenvalue weighted by Crippen LogP contribution is 2.29. The first-order chi connectivity index (χ1) is 42.7. The first-order valence-corrected chi connectivity index (χ1v) is 31.5. The fourth-order valence-electron chi connectivity index (χ4n) is 11.5. The van der Waals surface area contributed by atoms with Gasteiger partial charge in [-0.05, 0) is 163 Å². The van der Waals surface area contributed by atoms with Gasteiger partial charge in [0.2, 0.25) is 23.6 Å². The van der Waals surface area contributed by atoms with E-state index in [-0.39, 0.29) is 54.2 Å². The number of amides is 6. The number of carboxylic acid groups (broad SMARTS) is 1. The van der Waals surface area contributed by atoms with Crippen LogP contribution in [0.25, 0.3) is 33.7 Å². The van der Waals surface area contributed by atoms with Crippen molar-refractivity contribution in [2.24, 2.45) is 11.8 Å². The average molecular weight is 1230 g/mol. The minimum atomic E-state index is -1.01. The highest BCUT2D eigenvalue weighted by atomic mass is 16.5. The van der Waals surface area contributed by atoms with Crippen molar-refractivity contribution in [1.82, 2.24) is 52.1 Å². The summed E-state index contributed by atoms with van der Waals surface area (Å²) in [5, 5.41) is 36.7. The molecular formula is C68H92N10O11. The Balaban J connectivity index is 0.000000240. The zero-order valence-electron chi connectivity index (χ0n) is 52.5. The third-order valence-corrected chi connectivity index (χ3v) is 16.7. The van der Waals surface area contributed by atoms with Gasteiger partial charge in [-0.2, -0.15) is 0 Å². The number of nitrogens with zero attached hydrogens (tertiary/aromatic N) is 4. The van der Waals surface area contributed by atoms with Crippen molar-refractivity contribution in [2.75, 3.05) is 13.1 Å². The van der Waals surface area contributed by atoms with E-state index >= 15 is 0 Å². The number of aliphatic hydroxyl groups excluding tert-OH is 1. The second-order valence-corrected chi connectivity index (χ2v) is 23.5. The van der Waals surface area contributed by atoms with Gasteiger partial charge in [0, 0.05) is 49.1 Å². The van der Waals surface area contributed by atoms with Crippen LogP contribution in [0.15, 0.2) is 98.4 Å². The van der Waals surface area contributed by atoms with E-state index in [1.54, 1.807) is 63.4 Å². The lowest BCUT2D eigenvalue weighted by atomic mass is 9.83. The lowest BCUT2D eigenvalue weighted by molar-refractivity contribution is -0.157. The van der Waals surface area contributed by atoms with Gasteiger partial charge >= 0.3 is 11.9 Å². The summed E-state index contributed by atoms with van der Waals surface area (Å²) in [7, 11) is 0. The number of hydrazine groups is 2. The fraction of sp³-hybridized carbons (Fsp3) is 0.500. The maximum atomic E-state index is 13.4.